The molecule has 1 heterocycles. The van der Waals surface area contributed by atoms with Crippen molar-refractivity contribution in [2.45, 2.75) is 44.4 Å². The first-order valence-electron chi connectivity index (χ1n) is 9.49. The number of rotatable bonds is 6. The molecule has 0 spiro atoms. The Hall–Kier alpha value is -1.64. The van der Waals surface area contributed by atoms with Crippen molar-refractivity contribution in [1.29, 1.82) is 0 Å². The van der Waals surface area contributed by atoms with Crippen LogP contribution in [-0.2, 0) is 15.5 Å². The quantitative estimate of drug-likeness (QED) is 0.319. The van der Waals surface area contributed by atoms with Crippen molar-refractivity contribution < 1.29 is 17.3 Å². The van der Waals surface area contributed by atoms with Gasteiger partial charge in [0.25, 0.3) is 0 Å². The molecule has 8 heteroatoms. The van der Waals surface area contributed by atoms with E-state index in [1.165, 1.54) is 0 Å². The first-order chi connectivity index (χ1) is 14.0. The summed E-state index contributed by atoms with van der Waals surface area (Å²) in [6.07, 6.45) is 2.35. The van der Waals surface area contributed by atoms with Crippen LogP contribution in [0.15, 0.2) is 56.4 Å². The van der Waals surface area contributed by atoms with Crippen LogP contribution in [0.2, 0.25) is 0 Å². The van der Waals surface area contributed by atoms with Crippen molar-refractivity contribution in [3.05, 3.63) is 57.1 Å². The molecule has 0 fully saturated rings. The van der Waals surface area contributed by atoms with Gasteiger partial charge >= 0.3 is 10.1 Å². The maximum atomic E-state index is 13.4. The molecule has 0 radical (unpaired) electrons. The fraction of sp³-hybridized carbons (Fsp3) is 0.318. The molecule has 30 heavy (non-hydrogen) atoms. The Morgan fingerprint density at radius 2 is 1.80 bits per heavy atom. The lowest BCUT2D eigenvalue weighted by molar-refractivity contribution is 0.307. The monoisotopic (exact) mass is 555 g/mol. The fourth-order valence-corrected chi connectivity index (χ4v) is 5.47. The Morgan fingerprint density at radius 3 is 2.47 bits per heavy atom. The van der Waals surface area contributed by atoms with Gasteiger partial charge in [-0.25, -0.2) is 0 Å². The standard InChI is InChI=1S/C22H23Br2NO4S/c1-5-11-28-18-9-8-14(22(2,3)4)12-19(18)30(26,27)29-21-17(24)13-16(23)15-7-6-10-25-20(15)21/h6-10,12-13H,5,11H2,1-4H3. The minimum absolute atomic E-state index is 0.00211. The predicted molar refractivity (Wildman–Crippen MR) is 126 cm³/mol. The van der Waals surface area contributed by atoms with Crippen LogP contribution in [0, 0.1) is 0 Å². The lowest BCUT2D eigenvalue weighted by atomic mass is 9.87. The summed E-state index contributed by atoms with van der Waals surface area (Å²) in [5.74, 6) is 0.409. The topological polar surface area (TPSA) is 65.5 Å². The molecule has 2 aromatic carbocycles. The highest BCUT2D eigenvalue weighted by molar-refractivity contribution is 9.11. The Morgan fingerprint density at radius 1 is 1.07 bits per heavy atom. The molecular formula is C22H23Br2NO4S. The van der Waals surface area contributed by atoms with Crippen molar-refractivity contribution in [1.82, 2.24) is 4.98 Å². The Labute approximate surface area is 194 Å². The van der Waals surface area contributed by atoms with Crippen LogP contribution in [0.5, 0.6) is 11.5 Å². The number of fused-ring (bicyclic) bond motifs is 1. The van der Waals surface area contributed by atoms with Crippen molar-refractivity contribution in [3.63, 3.8) is 0 Å². The Kier molecular flexibility index (Phi) is 6.79. The zero-order chi connectivity index (χ0) is 22.1. The molecule has 0 aliphatic heterocycles. The maximum Gasteiger partial charge on any atom is 0.343 e. The third-order valence-electron chi connectivity index (χ3n) is 4.48. The normalized spacial score (nSPS) is 12.2. The van der Waals surface area contributed by atoms with Crippen LogP contribution in [-0.4, -0.2) is 20.0 Å². The van der Waals surface area contributed by atoms with Crippen LogP contribution >= 0.6 is 31.9 Å². The van der Waals surface area contributed by atoms with Gasteiger partial charge in [0.05, 0.1) is 11.1 Å². The van der Waals surface area contributed by atoms with Gasteiger partial charge in [0.2, 0.25) is 0 Å². The Balaban J connectivity index is 2.15. The third kappa shape index (κ3) is 4.81. The van der Waals surface area contributed by atoms with Crippen LogP contribution in [0.1, 0.15) is 39.7 Å². The molecule has 160 valence electrons. The number of aromatic nitrogens is 1. The summed E-state index contributed by atoms with van der Waals surface area (Å²) in [7, 11) is -4.19. The molecule has 0 aliphatic carbocycles. The van der Waals surface area contributed by atoms with Crippen molar-refractivity contribution in [3.8, 4) is 11.5 Å². The number of hydrogen-bond acceptors (Lipinski definition) is 5. The molecule has 0 unspecified atom stereocenters. The molecule has 0 saturated carbocycles. The molecule has 0 atom stereocenters. The van der Waals surface area contributed by atoms with Gasteiger partial charge in [-0.3, -0.25) is 4.98 Å². The minimum Gasteiger partial charge on any atom is -0.492 e. The van der Waals surface area contributed by atoms with Gasteiger partial charge in [-0.15, -0.1) is 0 Å². The molecule has 3 aromatic rings. The third-order valence-corrected chi connectivity index (χ3v) is 6.97. The molecule has 1 aromatic heterocycles. The second-order valence-corrected chi connectivity index (χ2v) is 11.1. The summed E-state index contributed by atoms with van der Waals surface area (Å²) in [5.41, 5.74) is 1.07. The van der Waals surface area contributed by atoms with E-state index < -0.39 is 10.1 Å². The summed E-state index contributed by atoms with van der Waals surface area (Å²) in [4.78, 5) is 4.33. The largest absolute Gasteiger partial charge is 0.492 e. The van der Waals surface area contributed by atoms with E-state index in [1.54, 1.807) is 30.5 Å². The number of pyridine rings is 1. The first kappa shape index (κ1) is 23.0. The zero-order valence-electron chi connectivity index (χ0n) is 17.2. The maximum absolute atomic E-state index is 13.4. The van der Waals surface area contributed by atoms with Gasteiger partial charge in [0, 0.05) is 16.1 Å². The van der Waals surface area contributed by atoms with Gasteiger partial charge in [-0.2, -0.15) is 8.42 Å². The van der Waals surface area contributed by atoms with Crippen molar-refractivity contribution >= 4 is 52.9 Å². The lowest BCUT2D eigenvalue weighted by Crippen LogP contribution is -2.16. The highest BCUT2D eigenvalue weighted by Gasteiger charge is 2.27. The Bertz CT molecular complexity index is 1190. The molecule has 0 amide bonds. The van der Waals surface area contributed by atoms with Crippen LogP contribution < -0.4 is 8.92 Å². The molecule has 0 aliphatic rings. The summed E-state index contributed by atoms with van der Waals surface area (Å²) < 4.78 is 39.4. The van der Waals surface area contributed by atoms with Gasteiger partial charge in [0.15, 0.2) is 5.75 Å². The van der Waals surface area contributed by atoms with E-state index in [4.69, 9.17) is 8.92 Å². The lowest BCUT2D eigenvalue weighted by Gasteiger charge is -2.21. The van der Waals surface area contributed by atoms with Crippen molar-refractivity contribution in [2.75, 3.05) is 6.61 Å². The molecular weight excluding hydrogens is 534 g/mol. The minimum atomic E-state index is -4.19. The number of nitrogens with zero attached hydrogens (tertiary/aromatic N) is 1. The zero-order valence-corrected chi connectivity index (χ0v) is 21.2. The van der Waals surface area contributed by atoms with Crippen molar-refractivity contribution in [2.24, 2.45) is 0 Å². The van der Waals surface area contributed by atoms with E-state index in [0.717, 1.165) is 21.8 Å². The second-order valence-electron chi connectivity index (χ2n) is 7.87. The summed E-state index contributed by atoms with van der Waals surface area (Å²) in [5, 5.41) is 0.747. The summed E-state index contributed by atoms with van der Waals surface area (Å²) in [6, 6.07) is 10.6. The van der Waals surface area contributed by atoms with E-state index in [-0.39, 0.29) is 21.8 Å². The van der Waals surface area contributed by atoms with Crippen LogP contribution in [0.4, 0.5) is 0 Å². The number of hydrogen-bond donors (Lipinski definition) is 0. The number of benzene rings is 2. The molecule has 0 saturated heterocycles. The highest BCUT2D eigenvalue weighted by Crippen LogP contribution is 2.40. The average Bonchev–Trinajstić information content (AvgIpc) is 2.68. The van der Waals surface area contributed by atoms with Gasteiger partial charge in [-0.1, -0.05) is 55.8 Å². The van der Waals surface area contributed by atoms with E-state index in [2.05, 4.69) is 36.8 Å². The van der Waals surface area contributed by atoms with Gasteiger partial charge in [-0.05, 0) is 57.6 Å². The summed E-state index contributed by atoms with van der Waals surface area (Å²) >= 11 is 6.89. The van der Waals surface area contributed by atoms with E-state index in [1.807, 2.05) is 39.8 Å². The van der Waals surface area contributed by atoms with E-state index in [0.29, 0.717) is 16.6 Å². The predicted octanol–water partition coefficient (Wildman–Crippen LogP) is 6.61. The highest BCUT2D eigenvalue weighted by atomic mass is 79.9. The summed E-state index contributed by atoms with van der Waals surface area (Å²) in [6.45, 7) is 8.44. The van der Waals surface area contributed by atoms with Gasteiger partial charge < -0.3 is 8.92 Å². The van der Waals surface area contributed by atoms with Crippen LogP contribution in [0.3, 0.4) is 0 Å². The molecule has 3 rings (SSSR count). The second kappa shape index (κ2) is 8.85. The van der Waals surface area contributed by atoms with Gasteiger partial charge in [0.1, 0.15) is 16.2 Å². The molecule has 0 bridgehead atoms. The molecule has 5 nitrogen and oxygen atoms in total. The van der Waals surface area contributed by atoms with E-state index >= 15 is 0 Å². The number of ether oxygens (including phenoxy) is 1. The van der Waals surface area contributed by atoms with Crippen LogP contribution in [0.25, 0.3) is 10.9 Å². The SMILES string of the molecule is CCCOc1ccc(C(C)(C)C)cc1S(=O)(=O)Oc1c(Br)cc(Br)c2cccnc12. The molecule has 0 N–H and O–H groups in total. The fourth-order valence-electron chi connectivity index (χ4n) is 2.88. The first-order valence-corrected chi connectivity index (χ1v) is 12.5. The number of halogens is 2. The van der Waals surface area contributed by atoms with E-state index in [9.17, 15) is 8.42 Å². The average molecular weight is 557 g/mol. The smallest absolute Gasteiger partial charge is 0.343 e.